The molecule has 8 N–H and O–H groups in total. The van der Waals surface area contributed by atoms with Gasteiger partial charge in [0.05, 0.1) is 0 Å². The molecule has 2 amide bonds. The van der Waals surface area contributed by atoms with Gasteiger partial charge in [0.1, 0.15) is 12.2 Å². The molecule has 0 saturated carbocycles. The van der Waals surface area contributed by atoms with Gasteiger partial charge in [-0.3, -0.25) is 33.7 Å². The van der Waals surface area contributed by atoms with Crippen molar-refractivity contribution < 1.29 is 14.3 Å². The number of nitrogens with one attached hydrogen (secondary N) is 4. The highest BCUT2D eigenvalue weighted by atomic mass is 16.6. The van der Waals surface area contributed by atoms with E-state index in [1.54, 1.807) is 41.8 Å². The lowest BCUT2D eigenvalue weighted by Crippen LogP contribution is -2.32. The number of amides is 2. The zero-order chi connectivity index (χ0) is 34.9. The van der Waals surface area contributed by atoms with Crippen molar-refractivity contribution in [2.24, 2.45) is 32.6 Å². The van der Waals surface area contributed by atoms with Crippen LogP contribution in [0.4, 0.5) is 4.79 Å². The van der Waals surface area contributed by atoms with Crippen molar-refractivity contribution in [3.05, 3.63) is 110 Å². The molecule has 1 saturated heterocycles. The molecule has 0 aliphatic carbocycles. The number of carbonyl (C=O) groups excluding carboxylic acids is 2. The summed E-state index contributed by atoms with van der Waals surface area (Å²) >= 11 is 0. The van der Waals surface area contributed by atoms with Gasteiger partial charge in [0.15, 0.2) is 0 Å². The molecule has 4 rings (SSSR count). The molecule has 0 radical (unpaired) electrons. The summed E-state index contributed by atoms with van der Waals surface area (Å²) in [5, 5.41) is 2.17. The molecule has 18 heteroatoms. The number of nitrogens with zero attached hydrogens (tertiary/aromatic N) is 3. The molecule has 3 aromatic rings. The van der Waals surface area contributed by atoms with E-state index >= 15 is 0 Å². The van der Waals surface area contributed by atoms with E-state index in [1.165, 1.54) is 42.4 Å². The highest BCUT2D eigenvalue weighted by Crippen LogP contribution is 2.13. The molecule has 18 nitrogen and oxygen atoms in total. The number of ether oxygens (including phenoxy) is 1. The Morgan fingerprint density at radius 2 is 1.30 bits per heavy atom. The monoisotopic (exact) mass is 623 g/mol. The number of aromatic nitrogens is 6. The molecule has 0 aromatic carbocycles. The van der Waals surface area contributed by atoms with Crippen molar-refractivity contribution in [1.82, 2.24) is 34.0 Å². The number of primary amides is 1. The van der Waals surface area contributed by atoms with Crippen molar-refractivity contribution in [2.45, 2.75) is 34.1 Å². The predicted octanol–water partition coefficient (Wildman–Crippen LogP) is -2.24. The zero-order valence-corrected chi connectivity index (χ0v) is 26.2. The summed E-state index contributed by atoms with van der Waals surface area (Å²) in [6.07, 6.45) is 0.417. The smallest absolute Gasteiger partial charge is 0.328 e. The third-order valence-corrected chi connectivity index (χ3v) is 5.44. The molecular weight excluding hydrogens is 582 g/mol. The first kappa shape index (κ1) is 40.6. The van der Waals surface area contributed by atoms with E-state index in [-0.39, 0.29) is 39.7 Å². The Morgan fingerprint density at radius 3 is 1.66 bits per heavy atom. The lowest BCUT2D eigenvalue weighted by molar-refractivity contribution is -0.148. The minimum absolute atomic E-state index is 0.167. The van der Waals surface area contributed by atoms with Gasteiger partial charge in [-0.25, -0.2) is 19.2 Å². The van der Waals surface area contributed by atoms with Gasteiger partial charge in [0, 0.05) is 63.0 Å². The van der Waals surface area contributed by atoms with Gasteiger partial charge in [-0.2, -0.15) is 0 Å². The van der Waals surface area contributed by atoms with E-state index in [2.05, 4.69) is 43.1 Å². The van der Waals surface area contributed by atoms with Crippen molar-refractivity contribution in [1.29, 1.82) is 0 Å². The van der Waals surface area contributed by atoms with Crippen LogP contribution < -0.4 is 50.5 Å². The molecule has 3 aromatic heterocycles. The highest BCUT2D eigenvalue weighted by Gasteiger charge is 2.17. The molecule has 1 fully saturated rings. The summed E-state index contributed by atoms with van der Waals surface area (Å²) in [7, 11) is 7.64. The summed E-state index contributed by atoms with van der Waals surface area (Å²) < 4.78 is 8.12. The van der Waals surface area contributed by atoms with E-state index in [0.717, 1.165) is 4.57 Å². The normalized spacial score (nSPS) is 10.5. The third kappa shape index (κ3) is 14.4. The maximum atomic E-state index is 10.9. The van der Waals surface area contributed by atoms with Crippen LogP contribution in [0.25, 0.3) is 0 Å². The minimum Gasteiger partial charge on any atom is -0.431 e. The van der Waals surface area contributed by atoms with E-state index in [9.17, 15) is 38.4 Å². The zero-order valence-electron chi connectivity index (χ0n) is 26.2. The standard InChI is InChI=1S/C7H10N2O2.2C6H8N2O2.C4H4O2.C2H6N2O.CH5N/c1-4-5(2)9(3)7(11)8-6(4)10;1-4-3-5(9)7-6(10)8(4)2;1-4-3-5(9)8(2)6(10)7-4;1-3-2-4(5)6-3;1-4-2(3)5;1-2/h1-3H3,(H,8,10,11);3H,1-2H3,(H,7,9,10);3H,1-2H3,(H,7,10);1-2H2;1H3,(H3,3,4,5);2H2,1H3. The number of esters is 1. The van der Waals surface area contributed by atoms with Gasteiger partial charge in [0.25, 0.3) is 16.7 Å². The topological polar surface area (TPSA) is 272 Å². The van der Waals surface area contributed by atoms with Crippen LogP contribution in [0.15, 0.2) is 53.2 Å². The average molecular weight is 624 g/mol. The fraction of sp³-hybridized carbons (Fsp3) is 0.385. The number of nitrogens with two attached hydrogens (primary N) is 2. The lowest BCUT2D eigenvalue weighted by atomic mass is 10.3. The van der Waals surface area contributed by atoms with Crippen molar-refractivity contribution in [2.75, 3.05) is 14.1 Å². The number of rotatable bonds is 0. The van der Waals surface area contributed by atoms with E-state index < -0.39 is 6.03 Å². The van der Waals surface area contributed by atoms with Crippen LogP contribution in [-0.4, -0.2) is 54.7 Å². The van der Waals surface area contributed by atoms with E-state index in [4.69, 9.17) is 0 Å². The fourth-order valence-electron chi connectivity index (χ4n) is 2.50. The molecule has 1 aliphatic rings. The maximum Gasteiger partial charge on any atom is 0.328 e. The van der Waals surface area contributed by atoms with Crippen molar-refractivity contribution in [3.8, 4) is 0 Å². The highest BCUT2D eigenvalue weighted by molar-refractivity contribution is 5.79. The van der Waals surface area contributed by atoms with Gasteiger partial charge in [-0.1, -0.05) is 6.58 Å². The first-order chi connectivity index (χ1) is 20.3. The molecule has 0 bridgehead atoms. The van der Waals surface area contributed by atoms with Crippen molar-refractivity contribution >= 4 is 12.0 Å². The van der Waals surface area contributed by atoms with Crippen LogP contribution in [0.1, 0.15) is 29.1 Å². The molecule has 4 heterocycles. The molecule has 244 valence electrons. The molecule has 0 spiro atoms. The number of urea groups is 1. The number of carbonyl (C=O) groups is 2. The molecular formula is C26H41N9O9. The number of hydrogen-bond acceptors (Lipinski definition) is 10. The first-order valence-electron chi connectivity index (χ1n) is 12.6. The second-order valence-corrected chi connectivity index (χ2v) is 8.63. The van der Waals surface area contributed by atoms with E-state index in [0.29, 0.717) is 34.8 Å². The summed E-state index contributed by atoms with van der Waals surface area (Å²) in [6, 6.07) is 2.26. The Bertz CT molecular complexity index is 1700. The molecule has 0 unspecified atom stereocenters. The number of cyclic esters (lactones) is 1. The number of hydrogen-bond donors (Lipinski definition) is 6. The van der Waals surface area contributed by atoms with Crippen LogP contribution in [0.5, 0.6) is 0 Å². The van der Waals surface area contributed by atoms with Gasteiger partial charge in [-0.05, 0) is 34.7 Å². The van der Waals surface area contributed by atoms with Crippen LogP contribution >= 0.6 is 0 Å². The molecule has 1 aliphatic heterocycles. The summed E-state index contributed by atoms with van der Waals surface area (Å²) in [5.74, 6) is 0.417. The Hall–Kier alpha value is -5.52. The Morgan fingerprint density at radius 1 is 0.841 bits per heavy atom. The number of H-pyrrole nitrogens is 3. The van der Waals surface area contributed by atoms with Crippen LogP contribution in [0.2, 0.25) is 0 Å². The fourth-order valence-corrected chi connectivity index (χ4v) is 2.50. The van der Waals surface area contributed by atoms with E-state index in [1.807, 2.05) is 0 Å². The van der Waals surface area contributed by atoms with Gasteiger partial charge < -0.3 is 35.6 Å². The van der Waals surface area contributed by atoms with Crippen LogP contribution in [-0.2, 0) is 30.7 Å². The SMILES string of the molecule is C=C1CC(=O)O1.CN.CNC(N)=O.Cc1c(C)n(C)c(=O)[nH]c1=O.Cc1cc(=O)[nH]c(=O)n1C.Cc1cc(=O)n(C)c(=O)[nH]1. The summed E-state index contributed by atoms with van der Waals surface area (Å²) in [6.45, 7) is 10.2. The lowest BCUT2D eigenvalue weighted by Gasteiger charge is -2.12. The second kappa shape index (κ2) is 19.6. The molecule has 44 heavy (non-hydrogen) atoms. The Kier molecular flexibility index (Phi) is 18.1. The van der Waals surface area contributed by atoms with Gasteiger partial charge in [-0.15, -0.1) is 0 Å². The average Bonchev–Trinajstić information content (AvgIpc) is 2.94. The second-order valence-electron chi connectivity index (χ2n) is 8.63. The largest absolute Gasteiger partial charge is 0.431 e. The Balaban J connectivity index is 0. The van der Waals surface area contributed by atoms with Gasteiger partial charge >= 0.3 is 29.1 Å². The number of aromatic amines is 3. The third-order valence-electron chi connectivity index (χ3n) is 5.44. The Labute approximate surface area is 251 Å². The summed E-state index contributed by atoms with van der Waals surface area (Å²) in [5.41, 5.74) is 9.56. The van der Waals surface area contributed by atoms with Gasteiger partial charge in [0.2, 0.25) is 0 Å². The van der Waals surface area contributed by atoms with Crippen LogP contribution in [0, 0.1) is 27.7 Å². The quantitative estimate of drug-likeness (QED) is 0.147. The maximum absolute atomic E-state index is 10.9. The number of aryl methyl sites for hydroxylation is 2. The molecule has 0 atom stereocenters. The summed E-state index contributed by atoms with van der Waals surface area (Å²) in [4.78, 5) is 90.9. The first-order valence-corrected chi connectivity index (χ1v) is 12.6. The van der Waals surface area contributed by atoms with Crippen molar-refractivity contribution in [3.63, 3.8) is 0 Å². The predicted molar refractivity (Wildman–Crippen MR) is 164 cm³/mol. The van der Waals surface area contributed by atoms with Crippen LogP contribution in [0.3, 0.4) is 0 Å². The minimum atomic E-state index is -0.495.